The van der Waals surface area contributed by atoms with Crippen molar-refractivity contribution in [3.05, 3.63) is 180 Å². The summed E-state index contributed by atoms with van der Waals surface area (Å²) in [6.07, 6.45) is 1.74. The molecular weight excluding hydrogens is 843 g/mol. The smallest absolute Gasteiger partial charge is 0.661 e. The summed E-state index contributed by atoms with van der Waals surface area (Å²) in [6, 6.07) is 54.7. The number of fused-ring (bicyclic) bond motifs is 4. The predicted molar refractivity (Wildman–Crippen MR) is 220 cm³/mol. The molecule has 8 aromatic rings. The van der Waals surface area contributed by atoms with Gasteiger partial charge in [0.05, 0.1) is 8.07 Å². The Kier molecular flexibility index (Phi) is 10.2. The second-order valence-corrected chi connectivity index (χ2v) is 19.5. The summed E-state index contributed by atoms with van der Waals surface area (Å²) in [7, 11) is -1.23. The number of hydrogen-bond donors (Lipinski definition) is 0. The van der Waals surface area contributed by atoms with E-state index in [9.17, 15) is 0 Å². The zero-order chi connectivity index (χ0) is 35.8. The van der Waals surface area contributed by atoms with Gasteiger partial charge in [-0.15, -0.1) is 47.1 Å². The number of nitrogens with zero attached hydrogens (tertiary/aromatic N) is 3. The van der Waals surface area contributed by atoms with Gasteiger partial charge in [-0.3, -0.25) is 0 Å². The first-order valence-corrected chi connectivity index (χ1v) is 21.3. The monoisotopic (exact) mass is 883 g/mol. The van der Waals surface area contributed by atoms with Crippen LogP contribution >= 0.6 is 0 Å². The number of anilines is 2. The molecule has 1 aliphatic heterocycles. The van der Waals surface area contributed by atoms with E-state index in [1.807, 2.05) is 54.7 Å². The van der Waals surface area contributed by atoms with Crippen molar-refractivity contribution in [3.63, 3.8) is 0 Å². The van der Waals surface area contributed by atoms with Gasteiger partial charge in [0.25, 0.3) is 0 Å². The molecule has 0 amide bonds. The molecule has 53 heavy (non-hydrogen) atoms. The maximum absolute atomic E-state index is 6.40. The first-order valence-electron chi connectivity index (χ1n) is 17.8. The Balaban J connectivity index is 0.000000216. The van der Waals surface area contributed by atoms with Crippen molar-refractivity contribution in [1.29, 1.82) is 0 Å². The Morgan fingerprint density at radius 3 is 2.13 bits per heavy atom. The third-order valence-corrected chi connectivity index (χ3v) is 11.8. The van der Waals surface area contributed by atoms with Crippen LogP contribution in [0, 0.1) is 26.0 Å². The van der Waals surface area contributed by atoms with Crippen LogP contribution in [0.15, 0.2) is 150 Å². The van der Waals surface area contributed by atoms with E-state index in [1.54, 1.807) is 0 Å². The predicted octanol–water partition coefficient (Wildman–Crippen LogP) is 12.6. The van der Waals surface area contributed by atoms with E-state index in [0.717, 1.165) is 50.1 Å². The maximum Gasteiger partial charge on any atom is 3.00 e. The molecule has 0 N–H and O–H groups in total. The maximum atomic E-state index is 6.40. The minimum absolute atomic E-state index is 0. The van der Waals surface area contributed by atoms with Crippen LogP contribution in [0.5, 0.6) is 0 Å². The van der Waals surface area contributed by atoms with E-state index >= 15 is 0 Å². The number of para-hydroxylation sites is 3. The molecule has 6 heteroatoms. The fraction of sp³-hybridized carbons (Fsp3) is 0.128. The topological polar surface area (TPSA) is 43.4 Å². The van der Waals surface area contributed by atoms with Gasteiger partial charge in [-0.05, 0) is 77.4 Å². The fourth-order valence-corrected chi connectivity index (χ4v) is 8.16. The normalized spacial score (nSPS) is 13.5. The number of pyridine rings is 1. The van der Waals surface area contributed by atoms with Gasteiger partial charge in [-0.1, -0.05) is 104 Å². The van der Waals surface area contributed by atoms with Gasteiger partial charge in [0.1, 0.15) is 5.58 Å². The second kappa shape index (κ2) is 15.0. The number of furan rings is 1. The number of rotatable bonds is 5. The van der Waals surface area contributed by atoms with Gasteiger partial charge in [-0.25, -0.2) is 0 Å². The Labute approximate surface area is 326 Å². The molecule has 0 bridgehead atoms. The molecule has 4 nitrogen and oxygen atoms in total. The molecule has 3 heterocycles. The number of benzene rings is 6. The van der Waals surface area contributed by atoms with E-state index in [4.69, 9.17) is 9.73 Å². The molecule has 0 saturated heterocycles. The molecular formula is C47H40IrN3OSi. The van der Waals surface area contributed by atoms with Crippen LogP contribution in [-0.2, 0) is 20.1 Å². The molecule has 1 atom stereocenters. The Hall–Kier alpha value is -5.26. The molecule has 9 rings (SSSR count). The van der Waals surface area contributed by atoms with Crippen LogP contribution in [0.4, 0.5) is 17.1 Å². The van der Waals surface area contributed by atoms with Crippen LogP contribution < -0.4 is 10.1 Å². The van der Waals surface area contributed by atoms with Gasteiger partial charge in [0.2, 0.25) is 0 Å². The first-order chi connectivity index (χ1) is 25.3. The molecule has 1 unspecified atom stereocenters. The summed E-state index contributed by atoms with van der Waals surface area (Å²) in [6.45, 7) is 11.4. The van der Waals surface area contributed by atoms with Crippen molar-refractivity contribution in [2.24, 2.45) is 0 Å². The SMILES string of the molecule is C[Si](C)(C)c1ccc(-c2[c-]cccc2)nc1.Cc1cc(-c2ccccc2)cc(C)c1N1c2ccccc2[N-]C1c1[c-]ccc2c1oc1ccccc12.[Ir+3]. The van der Waals surface area contributed by atoms with Crippen LogP contribution in [0.2, 0.25) is 19.6 Å². The number of aromatic nitrogens is 1. The second-order valence-electron chi connectivity index (χ2n) is 14.4. The van der Waals surface area contributed by atoms with Crippen LogP contribution in [0.3, 0.4) is 0 Å². The van der Waals surface area contributed by atoms with E-state index in [1.165, 1.54) is 33.1 Å². The van der Waals surface area contributed by atoms with E-state index < -0.39 is 8.07 Å². The van der Waals surface area contributed by atoms with E-state index in [2.05, 4.69) is 147 Å². The van der Waals surface area contributed by atoms with Crippen molar-refractivity contribution < 1.29 is 24.5 Å². The van der Waals surface area contributed by atoms with Gasteiger partial charge >= 0.3 is 20.1 Å². The third kappa shape index (κ3) is 7.11. The minimum atomic E-state index is -1.23. The standard InChI is InChI=1S/C33H24N2O.C14H16NSi.Ir/c1-21-19-24(23-11-4-3-5-12-23)20-22(2)31(21)35-29-17-8-7-16-28(29)34-33(35)27-15-10-14-26-25-13-6-9-18-30(25)36-32(26)27;1-16(2,3)13-9-10-14(15-11-13)12-7-5-4-6-8-12;/h3-14,16-20,33H,1-2H3;4-7,9-11H,1-3H3;/q-2;-1;+3. The van der Waals surface area contributed by atoms with Gasteiger partial charge in [0.15, 0.2) is 0 Å². The van der Waals surface area contributed by atoms with E-state index in [-0.39, 0.29) is 26.3 Å². The summed E-state index contributed by atoms with van der Waals surface area (Å²) < 4.78 is 6.40. The van der Waals surface area contributed by atoms with Crippen molar-refractivity contribution in [1.82, 2.24) is 4.98 Å². The zero-order valence-corrected chi connectivity index (χ0v) is 33.9. The Morgan fingerprint density at radius 2 is 1.42 bits per heavy atom. The van der Waals surface area contributed by atoms with Crippen molar-refractivity contribution >= 4 is 52.3 Å². The van der Waals surface area contributed by atoms with E-state index in [0.29, 0.717) is 0 Å². The molecule has 6 aromatic carbocycles. The number of aryl methyl sites for hydroxylation is 2. The van der Waals surface area contributed by atoms with Crippen LogP contribution in [-0.4, -0.2) is 13.1 Å². The molecule has 0 saturated carbocycles. The van der Waals surface area contributed by atoms with Crippen molar-refractivity contribution in [2.45, 2.75) is 39.7 Å². The quantitative estimate of drug-likeness (QED) is 0.128. The molecule has 1 aliphatic rings. The molecule has 0 radical (unpaired) electrons. The first kappa shape index (κ1) is 36.1. The van der Waals surface area contributed by atoms with Crippen LogP contribution in [0.1, 0.15) is 22.9 Å². The summed E-state index contributed by atoms with van der Waals surface area (Å²) in [5.74, 6) is 0. The van der Waals surface area contributed by atoms with Gasteiger partial charge in [0, 0.05) is 28.5 Å². The Morgan fingerprint density at radius 1 is 0.698 bits per heavy atom. The summed E-state index contributed by atoms with van der Waals surface area (Å²) in [5, 5.41) is 8.80. The average molecular weight is 883 g/mol. The van der Waals surface area contributed by atoms with Crippen molar-refractivity contribution in [2.75, 3.05) is 4.90 Å². The largest absolute Gasteiger partial charge is 3.00 e. The summed E-state index contributed by atoms with van der Waals surface area (Å²) in [5.41, 5.74) is 12.9. The molecule has 262 valence electrons. The van der Waals surface area contributed by atoms with Crippen molar-refractivity contribution in [3.8, 4) is 22.4 Å². The average Bonchev–Trinajstić information content (AvgIpc) is 3.74. The summed E-state index contributed by atoms with van der Waals surface area (Å²) in [4.78, 5) is 6.87. The van der Waals surface area contributed by atoms with Gasteiger partial charge in [-0.2, -0.15) is 18.2 Å². The molecule has 2 aromatic heterocycles. The third-order valence-electron chi connectivity index (χ3n) is 9.73. The molecule has 0 spiro atoms. The van der Waals surface area contributed by atoms with Gasteiger partial charge < -0.3 is 19.6 Å². The fourth-order valence-electron chi connectivity index (χ4n) is 7.12. The molecule has 0 aliphatic carbocycles. The van der Waals surface area contributed by atoms with Crippen LogP contribution in [0.25, 0.3) is 49.6 Å². The minimum Gasteiger partial charge on any atom is -0.661 e. The molecule has 0 fully saturated rings. The Bertz CT molecular complexity index is 2480. The zero-order valence-electron chi connectivity index (χ0n) is 30.5. The number of hydrogen-bond acceptors (Lipinski definition) is 3. The summed E-state index contributed by atoms with van der Waals surface area (Å²) >= 11 is 0.